The Labute approximate surface area is 134 Å². The molecule has 7 heteroatoms. The summed E-state index contributed by atoms with van der Waals surface area (Å²) < 4.78 is 2.25. The summed E-state index contributed by atoms with van der Waals surface area (Å²) in [4.78, 5) is 23.5. The standard InChI is InChI=1S/C14H13BrClN3O2/c15-9-1-4-14(21)19(8-9)6-5-13(20)18-12-3-2-10(17)7-11(12)16/h1-4,7-8H,5-6,17H2,(H,18,20). The fourth-order valence-corrected chi connectivity index (χ4v) is 2.36. The predicted molar refractivity (Wildman–Crippen MR) is 87.5 cm³/mol. The van der Waals surface area contributed by atoms with Gasteiger partial charge in [-0.05, 0) is 40.2 Å². The van der Waals surface area contributed by atoms with Crippen LogP contribution in [0.25, 0.3) is 0 Å². The third-order valence-corrected chi connectivity index (χ3v) is 3.58. The molecule has 0 spiro atoms. The SMILES string of the molecule is Nc1ccc(NC(=O)CCn2cc(Br)ccc2=O)c(Cl)c1. The van der Waals surface area contributed by atoms with Gasteiger partial charge in [-0.15, -0.1) is 0 Å². The molecule has 0 aliphatic heterocycles. The normalized spacial score (nSPS) is 10.4. The van der Waals surface area contributed by atoms with Crippen LogP contribution >= 0.6 is 27.5 Å². The Kier molecular flexibility index (Phi) is 5.03. The summed E-state index contributed by atoms with van der Waals surface area (Å²) in [5.41, 5.74) is 6.45. The number of carbonyl (C=O) groups is 1. The second kappa shape index (κ2) is 6.78. The number of nitrogens with zero attached hydrogens (tertiary/aromatic N) is 1. The molecule has 2 aromatic rings. The number of hydrogen-bond acceptors (Lipinski definition) is 3. The third-order valence-electron chi connectivity index (χ3n) is 2.79. The van der Waals surface area contributed by atoms with E-state index in [4.69, 9.17) is 17.3 Å². The number of aromatic nitrogens is 1. The van der Waals surface area contributed by atoms with Crippen molar-refractivity contribution in [2.24, 2.45) is 0 Å². The van der Waals surface area contributed by atoms with Crippen LogP contribution in [0.5, 0.6) is 0 Å². The second-order valence-corrected chi connectivity index (χ2v) is 5.74. The van der Waals surface area contributed by atoms with E-state index in [1.807, 2.05) is 0 Å². The molecule has 21 heavy (non-hydrogen) atoms. The van der Waals surface area contributed by atoms with Crippen LogP contribution in [0.3, 0.4) is 0 Å². The Morgan fingerprint density at radius 2 is 2.10 bits per heavy atom. The first-order valence-corrected chi connectivity index (χ1v) is 7.33. The molecule has 0 aliphatic rings. The molecule has 1 heterocycles. The van der Waals surface area contributed by atoms with E-state index in [2.05, 4.69) is 21.2 Å². The fraction of sp³-hybridized carbons (Fsp3) is 0.143. The molecule has 0 bridgehead atoms. The van der Waals surface area contributed by atoms with Crippen LogP contribution in [0.15, 0.2) is 45.8 Å². The number of nitrogens with one attached hydrogen (secondary N) is 1. The molecule has 0 unspecified atom stereocenters. The maximum Gasteiger partial charge on any atom is 0.250 e. The van der Waals surface area contributed by atoms with Crippen molar-refractivity contribution in [1.82, 2.24) is 4.57 Å². The molecule has 0 saturated heterocycles. The molecule has 0 saturated carbocycles. The summed E-state index contributed by atoms with van der Waals surface area (Å²) in [5.74, 6) is -0.228. The van der Waals surface area contributed by atoms with E-state index >= 15 is 0 Å². The van der Waals surface area contributed by atoms with Crippen molar-refractivity contribution < 1.29 is 4.79 Å². The minimum absolute atomic E-state index is 0.156. The summed E-state index contributed by atoms with van der Waals surface area (Å²) in [7, 11) is 0. The average Bonchev–Trinajstić information content (AvgIpc) is 2.43. The van der Waals surface area contributed by atoms with Gasteiger partial charge in [0, 0.05) is 35.4 Å². The van der Waals surface area contributed by atoms with Gasteiger partial charge in [-0.2, -0.15) is 0 Å². The van der Waals surface area contributed by atoms with Crippen molar-refractivity contribution in [1.29, 1.82) is 0 Å². The van der Waals surface area contributed by atoms with Gasteiger partial charge in [-0.3, -0.25) is 9.59 Å². The Morgan fingerprint density at radius 1 is 1.33 bits per heavy atom. The molecule has 1 aromatic carbocycles. The number of pyridine rings is 1. The topological polar surface area (TPSA) is 77.1 Å². The first-order valence-electron chi connectivity index (χ1n) is 6.16. The Morgan fingerprint density at radius 3 is 2.81 bits per heavy atom. The van der Waals surface area contributed by atoms with Gasteiger partial charge in [-0.25, -0.2) is 0 Å². The number of amides is 1. The zero-order valence-corrected chi connectivity index (χ0v) is 13.3. The zero-order chi connectivity index (χ0) is 15.4. The monoisotopic (exact) mass is 369 g/mol. The Bertz CT molecular complexity index is 730. The smallest absolute Gasteiger partial charge is 0.250 e. The summed E-state index contributed by atoms with van der Waals surface area (Å²) in [5, 5.41) is 3.07. The highest BCUT2D eigenvalue weighted by atomic mass is 79.9. The molecule has 1 amide bonds. The van der Waals surface area contributed by atoms with Gasteiger partial charge in [0.15, 0.2) is 0 Å². The highest BCUT2D eigenvalue weighted by Gasteiger charge is 2.07. The summed E-state index contributed by atoms with van der Waals surface area (Å²) in [6.07, 6.45) is 1.81. The minimum Gasteiger partial charge on any atom is -0.399 e. The molecule has 5 nitrogen and oxygen atoms in total. The van der Waals surface area contributed by atoms with Crippen molar-refractivity contribution in [2.45, 2.75) is 13.0 Å². The molecule has 0 radical (unpaired) electrons. The number of benzene rings is 1. The lowest BCUT2D eigenvalue weighted by atomic mass is 10.2. The molecule has 0 fully saturated rings. The third kappa shape index (κ3) is 4.34. The highest BCUT2D eigenvalue weighted by Crippen LogP contribution is 2.24. The molecular weight excluding hydrogens is 358 g/mol. The number of anilines is 2. The molecule has 2 rings (SSSR count). The molecule has 0 aliphatic carbocycles. The first kappa shape index (κ1) is 15.6. The van der Waals surface area contributed by atoms with Gasteiger partial charge >= 0.3 is 0 Å². The molecule has 0 atom stereocenters. The number of halogens is 2. The number of rotatable bonds is 4. The second-order valence-electron chi connectivity index (χ2n) is 4.42. The number of nitrogens with two attached hydrogens (primary N) is 1. The van der Waals surface area contributed by atoms with Gasteiger partial charge < -0.3 is 15.6 Å². The van der Waals surface area contributed by atoms with Crippen LogP contribution < -0.4 is 16.6 Å². The molecule has 110 valence electrons. The summed E-state index contributed by atoms with van der Waals surface area (Å²) in [6.45, 7) is 0.288. The maximum absolute atomic E-state index is 11.9. The average molecular weight is 371 g/mol. The number of hydrogen-bond donors (Lipinski definition) is 2. The van der Waals surface area contributed by atoms with E-state index < -0.39 is 0 Å². The van der Waals surface area contributed by atoms with Gasteiger partial charge in [0.1, 0.15) is 0 Å². The number of carbonyl (C=O) groups excluding carboxylic acids is 1. The van der Waals surface area contributed by atoms with Crippen LogP contribution in [-0.4, -0.2) is 10.5 Å². The van der Waals surface area contributed by atoms with Gasteiger partial charge in [0.2, 0.25) is 5.91 Å². The van der Waals surface area contributed by atoms with E-state index in [-0.39, 0.29) is 24.4 Å². The van der Waals surface area contributed by atoms with Crippen molar-refractivity contribution >= 4 is 44.8 Å². The fourth-order valence-electron chi connectivity index (χ4n) is 1.74. The van der Waals surface area contributed by atoms with Crippen LogP contribution in [0, 0.1) is 0 Å². The van der Waals surface area contributed by atoms with E-state index in [0.717, 1.165) is 4.47 Å². The van der Waals surface area contributed by atoms with Gasteiger partial charge in [-0.1, -0.05) is 11.6 Å². The largest absolute Gasteiger partial charge is 0.399 e. The van der Waals surface area contributed by atoms with E-state index in [1.165, 1.54) is 10.6 Å². The number of nitrogen functional groups attached to an aromatic ring is 1. The molecule has 3 N–H and O–H groups in total. The van der Waals surface area contributed by atoms with Crippen molar-refractivity contribution in [3.63, 3.8) is 0 Å². The van der Waals surface area contributed by atoms with Crippen LogP contribution in [0.2, 0.25) is 5.02 Å². The van der Waals surface area contributed by atoms with Crippen molar-refractivity contribution in [3.8, 4) is 0 Å². The zero-order valence-electron chi connectivity index (χ0n) is 11.0. The number of aryl methyl sites for hydroxylation is 1. The predicted octanol–water partition coefficient (Wildman–Crippen LogP) is 2.88. The lowest BCUT2D eigenvalue weighted by molar-refractivity contribution is -0.116. The van der Waals surface area contributed by atoms with Crippen LogP contribution in [0.4, 0.5) is 11.4 Å². The summed E-state index contributed by atoms with van der Waals surface area (Å²) >= 11 is 9.26. The Hall–Kier alpha value is -1.79. The lowest BCUT2D eigenvalue weighted by Gasteiger charge is -2.09. The van der Waals surface area contributed by atoms with E-state index in [0.29, 0.717) is 16.4 Å². The quantitative estimate of drug-likeness (QED) is 0.812. The Balaban J connectivity index is 1.99. The summed E-state index contributed by atoms with van der Waals surface area (Å²) in [6, 6.07) is 7.96. The van der Waals surface area contributed by atoms with Crippen molar-refractivity contribution in [3.05, 3.63) is 56.4 Å². The minimum atomic E-state index is -0.228. The van der Waals surface area contributed by atoms with Crippen molar-refractivity contribution in [2.75, 3.05) is 11.1 Å². The van der Waals surface area contributed by atoms with Gasteiger partial charge in [0.25, 0.3) is 5.56 Å². The molecule has 1 aromatic heterocycles. The van der Waals surface area contributed by atoms with Crippen LogP contribution in [-0.2, 0) is 11.3 Å². The van der Waals surface area contributed by atoms with Crippen LogP contribution in [0.1, 0.15) is 6.42 Å². The molecular formula is C14H13BrClN3O2. The first-order chi connectivity index (χ1) is 9.95. The lowest BCUT2D eigenvalue weighted by Crippen LogP contribution is -2.22. The maximum atomic E-state index is 11.9. The van der Waals surface area contributed by atoms with E-state index in [1.54, 1.807) is 30.5 Å². The van der Waals surface area contributed by atoms with Gasteiger partial charge in [0.05, 0.1) is 10.7 Å². The highest BCUT2D eigenvalue weighted by molar-refractivity contribution is 9.10. The van der Waals surface area contributed by atoms with E-state index in [9.17, 15) is 9.59 Å².